The first-order chi connectivity index (χ1) is 6.77. The van der Waals surface area contributed by atoms with Crippen LogP contribution in [0, 0.1) is 0 Å². The zero-order valence-corrected chi connectivity index (χ0v) is 8.14. The molecular formula is C9H15N5. The Morgan fingerprint density at radius 2 is 2.36 bits per heavy atom. The Balaban J connectivity index is 2.72. The number of pyridine rings is 1. The van der Waals surface area contributed by atoms with Crippen LogP contribution in [0.25, 0.3) is 0 Å². The van der Waals surface area contributed by atoms with Gasteiger partial charge in [0.1, 0.15) is 5.82 Å². The van der Waals surface area contributed by atoms with Gasteiger partial charge in [0, 0.05) is 18.9 Å². The standard InChI is InChI=1S/C9H15N5/c1-2-12-9-4-3-8(7-13-9)14(11)6-5-10/h3-7H,2,10-11H2,1H3,(H,12,13)/b6-5-. The molecule has 0 aliphatic heterocycles. The zero-order chi connectivity index (χ0) is 10.4. The average molecular weight is 193 g/mol. The first kappa shape index (κ1) is 10.3. The highest BCUT2D eigenvalue weighted by Crippen LogP contribution is 2.12. The van der Waals surface area contributed by atoms with E-state index >= 15 is 0 Å². The van der Waals surface area contributed by atoms with E-state index in [2.05, 4.69) is 10.3 Å². The van der Waals surface area contributed by atoms with E-state index in [-0.39, 0.29) is 0 Å². The van der Waals surface area contributed by atoms with Crippen molar-refractivity contribution in [2.45, 2.75) is 6.92 Å². The molecule has 1 aromatic rings. The molecule has 0 fully saturated rings. The number of aromatic nitrogens is 1. The van der Waals surface area contributed by atoms with Crippen molar-refractivity contribution in [2.24, 2.45) is 11.6 Å². The van der Waals surface area contributed by atoms with Crippen LogP contribution in [0.15, 0.2) is 30.7 Å². The molecule has 0 aliphatic rings. The summed E-state index contributed by atoms with van der Waals surface area (Å²) in [7, 11) is 0. The first-order valence-electron chi connectivity index (χ1n) is 4.40. The monoisotopic (exact) mass is 193 g/mol. The zero-order valence-electron chi connectivity index (χ0n) is 8.14. The van der Waals surface area contributed by atoms with Crippen LogP contribution in [0.4, 0.5) is 11.5 Å². The summed E-state index contributed by atoms with van der Waals surface area (Å²) in [4.78, 5) is 4.16. The fraction of sp³-hybridized carbons (Fsp3) is 0.222. The van der Waals surface area contributed by atoms with Crippen LogP contribution in [-0.4, -0.2) is 11.5 Å². The smallest absolute Gasteiger partial charge is 0.126 e. The molecular weight excluding hydrogens is 178 g/mol. The molecule has 0 unspecified atom stereocenters. The summed E-state index contributed by atoms with van der Waals surface area (Å²) in [5.74, 6) is 6.47. The molecule has 1 aromatic heterocycles. The third kappa shape index (κ3) is 2.63. The van der Waals surface area contributed by atoms with Crippen molar-refractivity contribution < 1.29 is 0 Å². The van der Waals surface area contributed by atoms with Crippen LogP contribution in [0.3, 0.4) is 0 Å². The number of hydrogen-bond donors (Lipinski definition) is 3. The molecule has 5 nitrogen and oxygen atoms in total. The van der Waals surface area contributed by atoms with Gasteiger partial charge in [-0.15, -0.1) is 0 Å². The van der Waals surface area contributed by atoms with E-state index in [4.69, 9.17) is 11.6 Å². The molecule has 0 amide bonds. The van der Waals surface area contributed by atoms with Crippen molar-refractivity contribution in [3.63, 3.8) is 0 Å². The second-order valence-electron chi connectivity index (χ2n) is 2.68. The summed E-state index contributed by atoms with van der Waals surface area (Å²) in [6.07, 6.45) is 4.61. The van der Waals surface area contributed by atoms with Crippen molar-refractivity contribution in [1.29, 1.82) is 0 Å². The number of nitrogens with one attached hydrogen (secondary N) is 1. The average Bonchev–Trinajstić information content (AvgIpc) is 2.20. The summed E-state index contributed by atoms with van der Waals surface area (Å²) >= 11 is 0. The summed E-state index contributed by atoms with van der Waals surface area (Å²) in [5, 5.41) is 4.50. The van der Waals surface area contributed by atoms with Gasteiger partial charge in [-0.3, -0.25) is 5.01 Å². The molecule has 0 aromatic carbocycles. The van der Waals surface area contributed by atoms with Gasteiger partial charge < -0.3 is 11.1 Å². The molecule has 0 radical (unpaired) electrons. The molecule has 0 atom stereocenters. The minimum Gasteiger partial charge on any atom is -0.403 e. The van der Waals surface area contributed by atoms with E-state index < -0.39 is 0 Å². The molecule has 0 spiro atoms. The lowest BCUT2D eigenvalue weighted by Gasteiger charge is -2.12. The number of hydrazine groups is 1. The molecule has 1 rings (SSSR count). The van der Waals surface area contributed by atoms with E-state index in [0.717, 1.165) is 18.1 Å². The highest BCUT2D eigenvalue weighted by Gasteiger charge is 1.97. The van der Waals surface area contributed by atoms with Crippen LogP contribution >= 0.6 is 0 Å². The van der Waals surface area contributed by atoms with Gasteiger partial charge in [-0.1, -0.05) is 0 Å². The summed E-state index contributed by atoms with van der Waals surface area (Å²) in [5.41, 5.74) is 5.99. The second-order valence-corrected chi connectivity index (χ2v) is 2.68. The predicted octanol–water partition coefficient (Wildman–Crippen LogP) is 0.623. The maximum Gasteiger partial charge on any atom is 0.126 e. The number of rotatable bonds is 4. The van der Waals surface area contributed by atoms with Crippen LogP contribution < -0.4 is 21.9 Å². The van der Waals surface area contributed by atoms with Gasteiger partial charge in [-0.25, -0.2) is 10.8 Å². The summed E-state index contributed by atoms with van der Waals surface area (Å²) in [6, 6.07) is 3.73. The largest absolute Gasteiger partial charge is 0.403 e. The fourth-order valence-electron chi connectivity index (χ4n) is 1.00. The number of nitrogens with two attached hydrogens (primary N) is 2. The molecule has 0 saturated heterocycles. The van der Waals surface area contributed by atoms with Crippen molar-refractivity contribution in [1.82, 2.24) is 4.98 Å². The van der Waals surface area contributed by atoms with Crippen LogP contribution in [-0.2, 0) is 0 Å². The van der Waals surface area contributed by atoms with Crippen LogP contribution in [0.5, 0.6) is 0 Å². The van der Waals surface area contributed by atoms with Gasteiger partial charge in [-0.2, -0.15) is 0 Å². The van der Waals surface area contributed by atoms with Crippen molar-refractivity contribution in [3.8, 4) is 0 Å². The van der Waals surface area contributed by atoms with E-state index in [9.17, 15) is 0 Å². The lowest BCUT2D eigenvalue weighted by molar-refractivity contribution is 1.05. The van der Waals surface area contributed by atoms with Gasteiger partial charge in [-0.05, 0) is 19.1 Å². The molecule has 14 heavy (non-hydrogen) atoms. The van der Waals surface area contributed by atoms with Crippen LogP contribution in [0.2, 0.25) is 0 Å². The molecule has 0 bridgehead atoms. The number of anilines is 2. The third-order valence-corrected chi connectivity index (χ3v) is 1.65. The normalized spacial score (nSPS) is 10.4. The minimum absolute atomic E-state index is 0.786. The molecule has 76 valence electrons. The second kappa shape index (κ2) is 5.08. The van der Waals surface area contributed by atoms with Gasteiger partial charge in [0.25, 0.3) is 0 Å². The van der Waals surface area contributed by atoms with Crippen molar-refractivity contribution in [3.05, 3.63) is 30.7 Å². The van der Waals surface area contributed by atoms with Gasteiger partial charge in [0.15, 0.2) is 0 Å². The third-order valence-electron chi connectivity index (χ3n) is 1.65. The van der Waals surface area contributed by atoms with Gasteiger partial charge >= 0.3 is 0 Å². The Morgan fingerprint density at radius 3 is 2.86 bits per heavy atom. The van der Waals surface area contributed by atoms with E-state index in [1.54, 1.807) is 12.4 Å². The molecule has 1 heterocycles. The van der Waals surface area contributed by atoms with Crippen molar-refractivity contribution in [2.75, 3.05) is 16.9 Å². The van der Waals surface area contributed by atoms with Gasteiger partial charge in [0.05, 0.1) is 11.9 Å². The molecule has 0 saturated carbocycles. The Hall–Kier alpha value is -1.75. The van der Waals surface area contributed by atoms with Gasteiger partial charge in [0.2, 0.25) is 0 Å². The first-order valence-corrected chi connectivity index (χ1v) is 4.40. The lowest BCUT2D eigenvalue weighted by Crippen LogP contribution is -2.24. The Morgan fingerprint density at radius 1 is 1.57 bits per heavy atom. The molecule has 5 N–H and O–H groups in total. The minimum atomic E-state index is 0.786. The highest BCUT2D eigenvalue weighted by atomic mass is 15.4. The number of nitrogens with zero attached hydrogens (tertiary/aromatic N) is 2. The Kier molecular flexibility index (Phi) is 3.75. The maximum absolute atomic E-state index is 5.64. The van der Waals surface area contributed by atoms with Crippen LogP contribution in [0.1, 0.15) is 6.92 Å². The maximum atomic E-state index is 5.64. The summed E-state index contributed by atoms with van der Waals surface area (Å²) < 4.78 is 0. The Labute approximate surface area is 83.4 Å². The SMILES string of the molecule is CCNc1ccc(N(N)/C=C\N)cn1. The Bertz CT molecular complexity index is 293. The molecule has 5 heteroatoms. The predicted molar refractivity (Wildman–Crippen MR) is 58.4 cm³/mol. The van der Waals surface area contributed by atoms with E-state index in [1.807, 2.05) is 19.1 Å². The van der Waals surface area contributed by atoms with E-state index in [1.165, 1.54) is 11.2 Å². The topological polar surface area (TPSA) is 80.2 Å². The van der Waals surface area contributed by atoms with Crippen molar-refractivity contribution >= 4 is 11.5 Å². The number of hydrogen-bond acceptors (Lipinski definition) is 5. The lowest BCUT2D eigenvalue weighted by atomic mass is 10.4. The fourth-order valence-corrected chi connectivity index (χ4v) is 1.00. The quantitative estimate of drug-likeness (QED) is 0.482. The van der Waals surface area contributed by atoms with E-state index in [0.29, 0.717) is 0 Å². The molecule has 0 aliphatic carbocycles. The highest BCUT2D eigenvalue weighted by molar-refractivity contribution is 5.49. The summed E-state index contributed by atoms with van der Waals surface area (Å²) in [6.45, 7) is 2.86.